The zero-order valence-electron chi connectivity index (χ0n) is 13.3. The molecule has 0 radical (unpaired) electrons. The normalized spacial score (nSPS) is 11.3. The van der Waals surface area contributed by atoms with Gasteiger partial charge in [0.25, 0.3) is 0 Å². The third-order valence-corrected chi connectivity index (χ3v) is 3.98. The van der Waals surface area contributed by atoms with Crippen LogP contribution in [-0.2, 0) is 12.8 Å². The molecule has 0 N–H and O–H groups in total. The summed E-state index contributed by atoms with van der Waals surface area (Å²) in [5, 5.41) is 1.16. The molecule has 3 aromatic rings. The molecular weight excluding hydrogens is 274 g/mol. The van der Waals surface area contributed by atoms with E-state index in [1.165, 1.54) is 11.1 Å². The molecule has 114 valence electrons. The first-order valence-electron chi connectivity index (χ1n) is 7.67. The van der Waals surface area contributed by atoms with Crippen molar-refractivity contribution < 1.29 is 9.15 Å². The minimum atomic E-state index is 0.366. The van der Waals surface area contributed by atoms with Crippen molar-refractivity contribution >= 4 is 11.0 Å². The lowest BCUT2D eigenvalue weighted by Gasteiger charge is -2.06. The van der Waals surface area contributed by atoms with E-state index in [-0.39, 0.29) is 0 Å². The molecule has 0 aliphatic carbocycles. The summed E-state index contributed by atoms with van der Waals surface area (Å²) in [5.74, 6) is 2.17. The van der Waals surface area contributed by atoms with Gasteiger partial charge < -0.3 is 9.15 Å². The van der Waals surface area contributed by atoms with Gasteiger partial charge in [0.05, 0.1) is 7.11 Å². The van der Waals surface area contributed by atoms with Gasteiger partial charge in [-0.3, -0.25) is 4.98 Å². The van der Waals surface area contributed by atoms with Crippen LogP contribution in [0.2, 0.25) is 0 Å². The van der Waals surface area contributed by atoms with E-state index in [1.54, 1.807) is 7.11 Å². The summed E-state index contributed by atoms with van der Waals surface area (Å²) >= 11 is 0. The lowest BCUT2D eigenvalue weighted by molar-refractivity contribution is 0.406. The topological polar surface area (TPSA) is 35.3 Å². The van der Waals surface area contributed by atoms with Crippen LogP contribution in [0.25, 0.3) is 11.0 Å². The van der Waals surface area contributed by atoms with E-state index in [2.05, 4.69) is 43.1 Å². The minimum absolute atomic E-state index is 0.366. The number of hydrogen-bond acceptors (Lipinski definition) is 3. The van der Waals surface area contributed by atoms with Crippen LogP contribution in [0.15, 0.2) is 47.1 Å². The summed E-state index contributed by atoms with van der Waals surface area (Å²) in [6.45, 7) is 4.28. The number of aryl methyl sites for hydroxylation is 2. The van der Waals surface area contributed by atoms with Crippen molar-refractivity contribution in [3.05, 3.63) is 59.6 Å². The van der Waals surface area contributed by atoms with Gasteiger partial charge in [0, 0.05) is 23.7 Å². The van der Waals surface area contributed by atoms with Crippen molar-refractivity contribution in [3.63, 3.8) is 0 Å². The Balaban J connectivity index is 1.95. The van der Waals surface area contributed by atoms with Gasteiger partial charge in [-0.1, -0.05) is 19.9 Å². The molecule has 0 saturated heterocycles. The fourth-order valence-corrected chi connectivity index (χ4v) is 2.67. The zero-order valence-corrected chi connectivity index (χ0v) is 13.3. The van der Waals surface area contributed by atoms with E-state index in [9.17, 15) is 0 Å². The summed E-state index contributed by atoms with van der Waals surface area (Å²) in [5.41, 5.74) is 3.45. The first-order valence-corrected chi connectivity index (χ1v) is 7.67. The van der Waals surface area contributed by atoms with Gasteiger partial charge >= 0.3 is 0 Å². The lowest BCUT2D eigenvalue weighted by atomic mass is 10.0. The van der Waals surface area contributed by atoms with Crippen molar-refractivity contribution in [2.45, 2.75) is 32.6 Å². The van der Waals surface area contributed by atoms with Crippen LogP contribution in [0.5, 0.6) is 5.75 Å². The molecule has 0 fully saturated rings. The number of ether oxygens (including phenoxy) is 1. The van der Waals surface area contributed by atoms with Crippen LogP contribution in [0.4, 0.5) is 0 Å². The quantitative estimate of drug-likeness (QED) is 0.681. The predicted octanol–water partition coefficient (Wildman–Crippen LogP) is 4.75. The van der Waals surface area contributed by atoms with Crippen LogP contribution in [0.1, 0.15) is 36.7 Å². The largest absolute Gasteiger partial charge is 0.493 e. The van der Waals surface area contributed by atoms with Crippen LogP contribution in [-0.4, -0.2) is 12.1 Å². The highest BCUT2D eigenvalue weighted by atomic mass is 16.5. The Hall–Kier alpha value is -2.29. The Morgan fingerprint density at radius 2 is 1.86 bits per heavy atom. The number of fused-ring (bicyclic) bond motifs is 1. The maximum Gasteiger partial charge on any atom is 0.176 e. The number of pyridine rings is 1. The van der Waals surface area contributed by atoms with Gasteiger partial charge in [-0.15, -0.1) is 0 Å². The van der Waals surface area contributed by atoms with Crippen LogP contribution >= 0.6 is 0 Å². The summed E-state index contributed by atoms with van der Waals surface area (Å²) in [7, 11) is 1.68. The first-order chi connectivity index (χ1) is 10.7. The molecule has 3 nitrogen and oxygen atoms in total. The maximum atomic E-state index is 6.01. The minimum Gasteiger partial charge on any atom is -0.493 e. The van der Waals surface area contributed by atoms with Crippen molar-refractivity contribution in [3.8, 4) is 5.75 Å². The molecule has 0 aliphatic rings. The van der Waals surface area contributed by atoms with E-state index in [0.717, 1.165) is 35.3 Å². The van der Waals surface area contributed by atoms with Crippen molar-refractivity contribution in [2.24, 2.45) is 0 Å². The summed E-state index contributed by atoms with van der Waals surface area (Å²) in [6, 6.07) is 10.4. The Morgan fingerprint density at radius 1 is 1.09 bits per heavy atom. The highest BCUT2D eigenvalue weighted by Gasteiger charge is 2.14. The van der Waals surface area contributed by atoms with Gasteiger partial charge in [0.1, 0.15) is 5.76 Å². The van der Waals surface area contributed by atoms with Gasteiger partial charge in [-0.05, 0) is 48.2 Å². The van der Waals surface area contributed by atoms with Crippen molar-refractivity contribution in [1.82, 2.24) is 4.98 Å². The second kappa shape index (κ2) is 6.22. The van der Waals surface area contributed by atoms with E-state index < -0.39 is 0 Å². The number of hydrogen-bond donors (Lipinski definition) is 0. The molecule has 0 spiro atoms. The van der Waals surface area contributed by atoms with Crippen molar-refractivity contribution in [2.75, 3.05) is 7.11 Å². The van der Waals surface area contributed by atoms with Gasteiger partial charge in [-0.2, -0.15) is 0 Å². The van der Waals surface area contributed by atoms with E-state index in [0.29, 0.717) is 5.92 Å². The number of rotatable bonds is 5. The highest BCUT2D eigenvalue weighted by Crippen LogP contribution is 2.34. The van der Waals surface area contributed by atoms with Crippen LogP contribution in [0.3, 0.4) is 0 Å². The average molecular weight is 295 g/mol. The van der Waals surface area contributed by atoms with Crippen molar-refractivity contribution in [1.29, 1.82) is 0 Å². The van der Waals surface area contributed by atoms with Gasteiger partial charge in [0.15, 0.2) is 11.3 Å². The monoisotopic (exact) mass is 295 g/mol. The summed E-state index contributed by atoms with van der Waals surface area (Å²) < 4.78 is 11.4. The van der Waals surface area contributed by atoms with E-state index in [4.69, 9.17) is 9.15 Å². The maximum absolute atomic E-state index is 6.01. The Morgan fingerprint density at radius 3 is 2.55 bits per heavy atom. The van der Waals surface area contributed by atoms with Gasteiger partial charge in [-0.25, -0.2) is 0 Å². The Labute approximate surface area is 130 Å². The molecule has 3 heteroatoms. The second-order valence-electron chi connectivity index (χ2n) is 5.83. The molecule has 0 aliphatic heterocycles. The molecule has 1 aromatic carbocycles. The fourth-order valence-electron chi connectivity index (χ4n) is 2.67. The first kappa shape index (κ1) is 14.6. The summed E-state index contributed by atoms with van der Waals surface area (Å²) in [4.78, 5) is 4.06. The third-order valence-electron chi connectivity index (χ3n) is 3.98. The molecular formula is C19H21NO2. The predicted molar refractivity (Wildman–Crippen MR) is 88.5 cm³/mol. The molecule has 2 aromatic heterocycles. The number of nitrogens with zero attached hydrogens (tertiary/aromatic N) is 1. The molecule has 22 heavy (non-hydrogen) atoms. The summed E-state index contributed by atoms with van der Waals surface area (Å²) in [6.07, 6.45) is 5.65. The number of furan rings is 1. The Kier molecular flexibility index (Phi) is 4.14. The van der Waals surface area contributed by atoms with Crippen LogP contribution in [0, 0.1) is 0 Å². The highest BCUT2D eigenvalue weighted by molar-refractivity contribution is 5.87. The van der Waals surface area contributed by atoms with E-state index in [1.807, 2.05) is 18.5 Å². The molecule has 0 saturated carbocycles. The molecule has 0 amide bonds. The number of aromatic nitrogens is 1. The smallest absolute Gasteiger partial charge is 0.176 e. The molecule has 0 atom stereocenters. The number of benzene rings is 1. The second-order valence-corrected chi connectivity index (χ2v) is 5.83. The zero-order chi connectivity index (χ0) is 15.5. The third kappa shape index (κ3) is 2.84. The SMILES string of the molecule is COc1ccc(CCc2ccncc2)c2cc(C(C)C)oc12. The lowest BCUT2D eigenvalue weighted by Crippen LogP contribution is -1.93. The molecule has 0 bridgehead atoms. The van der Waals surface area contributed by atoms with Gasteiger partial charge in [0.2, 0.25) is 0 Å². The molecule has 2 heterocycles. The standard InChI is InChI=1S/C19H21NO2/c1-13(2)18-12-16-15(5-4-14-8-10-20-11-9-14)6-7-17(21-3)19(16)22-18/h6-13H,4-5H2,1-3H3. The average Bonchev–Trinajstić information content (AvgIpc) is 2.99. The molecule has 0 unspecified atom stereocenters. The Bertz CT molecular complexity index is 760. The molecule has 3 rings (SSSR count). The number of methoxy groups -OCH3 is 1. The fraction of sp³-hybridized carbons (Fsp3) is 0.316. The van der Waals surface area contributed by atoms with Crippen LogP contribution < -0.4 is 4.74 Å². The van der Waals surface area contributed by atoms with E-state index >= 15 is 0 Å².